The molecule has 134 valence electrons. The Morgan fingerprint density at radius 3 is 2.36 bits per heavy atom. The summed E-state index contributed by atoms with van der Waals surface area (Å²) < 4.78 is 32.5. The van der Waals surface area contributed by atoms with Crippen molar-refractivity contribution in [3.05, 3.63) is 52.0 Å². The van der Waals surface area contributed by atoms with Crippen molar-refractivity contribution in [2.75, 3.05) is 18.0 Å². The minimum absolute atomic E-state index is 0.0281. The Bertz CT molecular complexity index is 911. The van der Waals surface area contributed by atoms with Gasteiger partial charge in [-0.15, -0.1) is 0 Å². The van der Waals surface area contributed by atoms with E-state index in [0.29, 0.717) is 15.9 Å². The second kappa shape index (κ2) is 7.45. The fraction of sp³-hybridized carbons (Fsp3) is 0.235. The lowest BCUT2D eigenvalue weighted by atomic mass is 10.1. The minimum atomic E-state index is -4.06. The number of hydrogen-bond acceptors (Lipinski definition) is 4. The summed E-state index contributed by atoms with van der Waals surface area (Å²) in [5, 5.41) is 9.18. The zero-order valence-corrected chi connectivity index (χ0v) is 16.4. The number of aliphatic carboxylic acids is 1. The molecule has 2 aromatic rings. The van der Waals surface area contributed by atoms with Crippen LogP contribution < -0.4 is 9.04 Å². The summed E-state index contributed by atoms with van der Waals surface area (Å²) in [4.78, 5) is 11.2. The van der Waals surface area contributed by atoms with E-state index >= 15 is 0 Å². The van der Waals surface area contributed by atoms with Gasteiger partial charge in [-0.3, -0.25) is 9.10 Å². The van der Waals surface area contributed by atoms with Crippen molar-refractivity contribution in [1.29, 1.82) is 0 Å². The van der Waals surface area contributed by atoms with Crippen molar-refractivity contribution < 1.29 is 23.1 Å². The number of anilines is 1. The zero-order valence-electron chi connectivity index (χ0n) is 14.0. The molecule has 0 aromatic heterocycles. The van der Waals surface area contributed by atoms with Gasteiger partial charge in [-0.2, -0.15) is 0 Å². The first-order valence-corrected chi connectivity index (χ1v) is 9.55. The number of carboxylic acids is 1. The summed E-state index contributed by atoms with van der Waals surface area (Å²) >= 11 is 3.25. The molecule has 0 aliphatic heterocycles. The molecule has 6 nitrogen and oxygen atoms in total. The Morgan fingerprint density at radius 2 is 1.84 bits per heavy atom. The normalized spacial score (nSPS) is 11.2. The second-order valence-corrected chi connectivity index (χ2v) is 8.19. The predicted molar refractivity (Wildman–Crippen MR) is 98.8 cm³/mol. The molecule has 0 radical (unpaired) electrons. The lowest BCUT2D eigenvalue weighted by molar-refractivity contribution is -0.135. The molecular formula is C17H18BrNO5S. The number of hydrogen-bond donors (Lipinski definition) is 1. The third-order valence-electron chi connectivity index (χ3n) is 3.77. The van der Waals surface area contributed by atoms with Crippen molar-refractivity contribution in [2.24, 2.45) is 0 Å². The van der Waals surface area contributed by atoms with E-state index < -0.39 is 22.5 Å². The van der Waals surface area contributed by atoms with E-state index in [1.54, 1.807) is 18.2 Å². The van der Waals surface area contributed by atoms with Crippen LogP contribution in [0.15, 0.2) is 45.8 Å². The summed E-state index contributed by atoms with van der Waals surface area (Å²) in [6.07, 6.45) is 0. The highest BCUT2D eigenvalue weighted by Gasteiger charge is 2.28. The van der Waals surface area contributed by atoms with Crippen LogP contribution in [-0.4, -0.2) is 33.1 Å². The monoisotopic (exact) mass is 427 g/mol. The molecule has 0 fully saturated rings. The maximum Gasteiger partial charge on any atom is 0.324 e. The molecular weight excluding hydrogens is 410 g/mol. The molecule has 0 amide bonds. The van der Waals surface area contributed by atoms with Crippen molar-refractivity contribution in [1.82, 2.24) is 0 Å². The smallest absolute Gasteiger partial charge is 0.324 e. The molecule has 25 heavy (non-hydrogen) atoms. The van der Waals surface area contributed by atoms with Gasteiger partial charge >= 0.3 is 5.97 Å². The molecule has 0 atom stereocenters. The Kier molecular flexibility index (Phi) is 5.74. The summed E-state index contributed by atoms with van der Waals surface area (Å²) in [7, 11) is -2.59. The molecule has 0 aliphatic carbocycles. The molecule has 0 unspecified atom stereocenters. The van der Waals surface area contributed by atoms with Gasteiger partial charge in [0.1, 0.15) is 12.3 Å². The number of rotatable bonds is 6. The number of benzene rings is 2. The van der Waals surface area contributed by atoms with Crippen LogP contribution in [0.1, 0.15) is 11.1 Å². The largest absolute Gasteiger partial charge is 0.496 e. The second-order valence-electron chi connectivity index (χ2n) is 5.47. The average Bonchev–Trinajstić information content (AvgIpc) is 2.55. The first-order valence-electron chi connectivity index (χ1n) is 7.32. The highest BCUT2D eigenvalue weighted by atomic mass is 79.9. The number of ether oxygens (including phenoxy) is 1. The van der Waals surface area contributed by atoms with Crippen molar-refractivity contribution in [3.8, 4) is 5.75 Å². The third kappa shape index (κ3) is 4.13. The molecule has 2 aromatic carbocycles. The van der Waals surface area contributed by atoms with Crippen molar-refractivity contribution in [3.63, 3.8) is 0 Å². The molecule has 0 heterocycles. The Morgan fingerprint density at radius 1 is 1.16 bits per heavy atom. The van der Waals surface area contributed by atoms with Gasteiger partial charge in [0.15, 0.2) is 0 Å². The van der Waals surface area contributed by atoms with Crippen LogP contribution >= 0.6 is 15.9 Å². The zero-order chi connectivity index (χ0) is 18.8. The summed E-state index contributed by atoms with van der Waals surface area (Å²) in [6, 6.07) is 9.31. The van der Waals surface area contributed by atoms with E-state index in [4.69, 9.17) is 4.74 Å². The standard InChI is InChI=1S/C17H18BrNO5S/c1-11-4-5-13(8-12(11)2)19(10-17(20)21)25(22,23)14-6-7-16(24-3)15(18)9-14/h4-9H,10H2,1-3H3,(H,20,21). The van der Waals surface area contributed by atoms with Gasteiger partial charge in [-0.25, -0.2) is 8.42 Å². The molecule has 0 aliphatic rings. The van der Waals surface area contributed by atoms with Gasteiger partial charge in [0.05, 0.1) is 22.2 Å². The number of aryl methyl sites for hydroxylation is 2. The molecule has 0 bridgehead atoms. The number of nitrogens with zero attached hydrogens (tertiary/aromatic N) is 1. The van der Waals surface area contributed by atoms with Crippen LogP contribution in [0.2, 0.25) is 0 Å². The molecule has 1 N–H and O–H groups in total. The fourth-order valence-corrected chi connectivity index (χ4v) is 4.38. The lowest BCUT2D eigenvalue weighted by Crippen LogP contribution is -2.35. The van der Waals surface area contributed by atoms with Crippen molar-refractivity contribution >= 4 is 37.6 Å². The van der Waals surface area contributed by atoms with Crippen LogP contribution in [0, 0.1) is 13.8 Å². The number of carbonyl (C=O) groups is 1. The maximum absolute atomic E-state index is 13.0. The topological polar surface area (TPSA) is 83.9 Å². The van der Waals surface area contributed by atoms with Gasteiger partial charge < -0.3 is 9.84 Å². The molecule has 2 rings (SSSR count). The molecule has 0 saturated heterocycles. The fourth-order valence-electron chi connectivity index (χ4n) is 2.25. The van der Waals surface area contributed by atoms with Crippen LogP contribution in [0.5, 0.6) is 5.75 Å². The molecule has 8 heteroatoms. The van der Waals surface area contributed by atoms with Crippen molar-refractivity contribution in [2.45, 2.75) is 18.7 Å². The maximum atomic E-state index is 13.0. The van der Waals surface area contributed by atoms with Gasteiger partial charge in [-0.1, -0.05) is 6.07 Å². The van der Waals surface area contributed by atoms with Gasteiger partial charge in [-0.05, 0) is 71.2 Å². The van der Waals surface area contributed by atoms with E-state index in [2.05, 4.69) is 15.9 Å². The lowest BCUT2D eigenvalue weighted by Gasteiger charge is -2.23. The summed E-state index contributed by atoms with van der Waals surface area (Å²) in [5.74, 6) is -0.760. The van der Waals surface area contributed by atoms with Crippen LogP contribution in [0.25, 0.3) is 0 Å². The Labute approximate surface area is 155 Å². The number of methoxy groups -OCH3 is 1. The highest BCUT2D eigenvalue weighted by molar-refractivity contribution is 9.10. The quantitative estimate of drug-likeness (QED) is 0.763. The minimum Gasteiger partial charge on any atom is -0.496 e. The van der Waals surface area contributed by atoms with Gasteiger partial charge in [0.25, 0.3) is 10.0 Å². The van der Waals surface area contributed by atoms with E-state index in [0.717, 1.165) is 15.4 Å². The van der Waals surface area contributed by atoms with Crippen LogP contribution in [0.3, 0.4) is 0 Å². The first-order chi connectivity index (χ1) is 11.7. The number of sulfonamides is 1. The average molecular weight is 428 g/mol. The first kappa shape index (κ1) is 19.3. The predicted octanol–water partition coefficient (Wildman–Crippen LogP) is 3.35. The van der Waals surface area contributed by atoms with Gasteiger partial charge in [0, 0.05) is 0 Å². The van der Waals surface area contributed by atoms with E-state index in [1.165, 1.54) is 25.3 Å². The molecule has 0 spiro atoms. The number of halogens is 1. The SMILES string of the molecule is COc1ccc(S(=O)(=O)N(CC(=O)O)c2ccc(C)c(C)c2)cc1Br. The molecule has 0 saturated carbocycles. The Hall–Kier alpha value is -2.06. The summed E-state index contributed by atoms with van der Waals surface area (Å²) in [6.45, 7) is 3.07. The van der Waals surface area contributed by atoms with E-state index in [1.807, 2.05) is 13.8 Å². The van der Waals surface area contributed by atoms with E-state index in [9.17, 15) is 18.3 Å². The summed E-state index contributed by atoms with van der Waals surface area (Å²) in [5.41, 5.74) is 2.17. The van der Waals surface area contributed by atoms with Gasteiger partial charge in [0.2, 0.25) is 0 Å². The van der Waals surface area contributed by atoms with E-state index in [-0.39, 0.29) is 4.90 Å². The highest BCUT2D eigenvalue weighted by Crippen LogP contribution is 2.31. The number of carboxylic acid groups (broad SMARTS) is 1. The van der Waals surface area contributed by atoms with Crippen LogP contribution in [0.4, 0.5) is 5.69 Å². The van der Waals surface area contributed by atoms with Crippen LogP contribution in [-0.2, 0) is 14.8 Å². The Balaban J connectivity index is 2.57. The third-order valence-corrected chi connectivity index (χ3v) is 6.16.